The molecule has 1 fully saturated rings. The van der Waals surface area contributed by atoms with Crippen LogP contribution < -0.4 is 20.9 Å². The SMILES string of the molecule is CC(C)OC(O)C(Cc1ccccc1)NP(=S)(OC[C@H]1O[C@@H](n2ccc(=O)[nH]c2=O)[C@](C)(O)[C@@H]1O)Oc1ccccc1. The van der Waals surface area contributed by atoms with Crippen LogP contribution in [0.25, 0.3) is 0 Å². The van der Waals surface area contributed by atoms with Gasteiger partial charge in [-0.1, -0.05) is 48.5 Å². The average molecular weight is 622 g/mol. The lowest BCUT2D eigenvalue weighted by Crippen LogP contribution is -2.47. The highest BCUT2D eigenvalue weighted by molar-refractivity contribution is 8.09. The third-order valence-electron chi connectivity index (χ3n) is 6.61. The lowest BCUT2D eigenvalue weighted by Gasteiger charge is -2.32. The second-order valence-electron chi connectivity index (χ2n) is 10.4. The highest BCUT2D eigenvalue weighted by atomic mass is 32.5. The summed E-state index contributed by atoms with van der Waals surface area (Å²) in [4.78, 5) is 26.0. The fraction of sp³-hybridized carbons (Fsp3) is 0.429. The molecule has 1 aliphatic rings. The molecule has 2 aromatic carbocycles. The summed E-state index contributed by atoms with van der Waals surface area (Å²) < 4.78 is 24.8. The van der Waals surface area contributed by atoms with E-state index in [0.717, 1.165) is 16.2 Å². The van der Waals surface area contributed by atoms with Crippen molar-refractivity contribution in [3.05, 3.63) is 99.3 Å². The van der Waals surface area contributed by atoms with Crippen LogP contribution in [0.1, 0.15) is 32.6 Å². The van der Waals surface area contributed by atoms with E-state index in [1.54, 1.807) is 38.1 Å². The van der Waals surface area contributed by atoms with Crippen LogP contribution in [0.4, 0.5) is 0 Å². The van der Waals surface area contributed by atoms with E-state index < -0.39 is 54.3 Å². The zero-order valence-electron chi connectivity index (χ0n) is 23.4. The number of ether oxygens (including phenoxy) is 2. The van der Waals surface area contributed by atoms with Gasteiger partial charge < -0.3 is 33.8 Å². The van der Waals surface area contributed by atoms with Crippen LogP contribution in [-0.4, -0.2) is 67.7 Å². The van der Waals surface area contributed by atoms with Gasteiger partial charge in [0, 0.05) is 12.3 Å². The first kappa shape index (κ1) is 32.2. The van der Waals surface area contributed by atoms with Crippen LogP contribution in [0.5, 0.6) is 5.75 Å². The Morgan fingerprint density at radius 1 is 1.12 bits per heavy atom. The van der Waals surface area contributed by atoms with Gasteiger partial charge >= 0.3 is 12.3 Å². The molecule has 228 valence electrons. The zero-order chi connectivity index (χ0) is 30.5. The molecule has 0 bridgehead atoms. The molecule has 2 heterocycles. The van der Waals surface area contributed by atoms with Crippen LogP contribution in [0.3, 0.4) is 0 Å². The van der Waals surface area contributed by atoms with E-state index >= 15 is 0 Å². The Balaban J connectivity index is 1.59. The van der Waals surface area contributed by atoms with Gasteiger partial charge in [0.2, 0.25) is 0 Å². The average Bonchev–Trinajstić information content (AvgIpc) is 3.16. The zero-order valence-corrected chi connectivity index (χ0v) is 25.1. The third-order valence-corrected chi connectivity index (χ3v) is 9.06. The third kappa shape index (κ3) is 8.01. The maximum absolute atomic E-state index is 12.4. The first-order valence-corrected chi connectivity index (χ1v) is 16.0. The van der Waals surface area contributed by atoms with Crippen LogP contribution in [0.15, 0.2) is 82.5 Å². The van der Waals surface area contributed by atoms with Gasteiger partial charge in [0.25, 0.3) is 5.56 Å². The Labute approximate surface area is 248 Å². The Kier molecular flexibility index (Phi) is 10.5. The number of aromatic amines is 1. The normalized spacial score (nSPS) is 25.2. The second-order valence-corrected chi connectivity index (χ2v) is 13.5. The van der Waals surface area contributed by atoms with Crippen LogP contribution in [0.2, 0.25) is 0 Å². The van der Waals surface area contributed by atoms with E-state index in [0.29, 0.717) is 12.2 Å². The molecule has 0 aliphatic carbocycles. The van der Waals surface area contributed by atoms with Gasteiger partial charge in [0.15, 0.2) is 12.5 Å². The summed E-state index contributed by atoms with van der Waals surface area (Å²) in [6.07, 6.45) is -4.05. The van der Waals surface area contributed by atoms with Gasteiger partial charge in [-0.3, -0.25) is 14.3 Å². The molecule has 1 saturated heterocycles. The van der Waals surface area contributed by atoms with Gasteiger partial charge in [-0.2, -0.15) is 0 Å². The molecule has 12 nitrogen and oxygen atoms in total. The number of benzene rings is 2. The maximum atomic E-state index is 12.4. The summed E-state index contributed by atoms with van der Waals surface area (Å²) in [6.45, 7) is 1.05. The molecule has 7 atom stereocenters. The van der Waals surface area contributed by atoms with E-state index in [-0.39, 0.29) is 12.7 Å². The Morgan fingerprint density at radius 3 is 2.38 bits per heavy atom. The summed E-state index contributed by atoms with van der Waals surface area (Å²) in [5.41, 5.74) is -2.46. The van der Waals surface area contributed by atoms with Crippen molar-refractivity contribution in [2.75, 3.05) is 6.61 Å². The molecule has 0 amide bonds. The summed E-state index contributed by atoms with van der Waals surface area (Å²) in [5.74, 6) is 0.406. The van der Waals surface area contributed by atoms with E-state index in [2.05, 4.69) is 10.1 Å². The van der Waals surface area contributed by atoms with E-state index in [9.17, 15) is 24.9 Å². The largest absolute Gasteiger partial charge is 0.433 e. The molecule has 1 aliphatic heterocycles. The predicted molar refractivity (Wildman–Crippen MR) is 158 cm³/mol. The molecule has 0 radical (unpaired) electrons. The summed E-state index contributed by atoms with van der Waals surface area (Å²) in [7, 11) is 0. The van der Waals surface area contributed by atoms with Crippen LogP contribution in [0, 0.1) is 0 Å². The highest BCUT2D eigenvalue weighted by Gasteiger charge is 2.54. The summed E-state index contributed by atoms with van der Waals surface area (Å²) >= 11 is 5.89. The Morgan fingerprint density at radius 2 is 1.76 bits per heavy atom. The van der Waals surface area contributed by atoms with Crippen LogP contribution >= 0.6 is 6.64 Å². The molecule has 4 rings (SSSR count). The van der Waals surface area contributed by atoms with E-state index in [1.807, 2.05) is 36.4 Å². The number of hydrogen-bond donors (Lipinski definition) is 5. The molecule has 14 heteroatoms. The molecular weight excluding hydrogens is 585 g/mol. The van der Waals surface area contributed by atoms with Gasteiger partial charge in [0.05, 0.1) is 18.8 Å². The molecule has 3 aromatic rings. The van der Waals surface area contributed by atoms with Crippen molar-refractivity contribution in [3.63, 3.8) is 0 Å². The smallest absolute Gasteiger partial charge is 0.330 e. The first-order valence-electron chi connectivity index (χ1n) is 13.4. The molecule has 5 N–H and O–H groups in total. The molecule has 3 unspecified atom stereocenters. The number of rotatable bonds is 13. The highest BCUT2D eigenvalue weighted by Crippen LogP contribution is 2.47. The fourth-order valence-electron chi connectivity index (χ4n) is 4.53. The van der Waals surface area contributed by atoms with Crippen LogP contribution in [-0.2, 0) is 32.2 Å². The van der Waals surface area contributed by atoms with Crippen molar-refractivity contribution in [2.45, 2.75) is 69.7 Å². The van der Waals surface area contributed by atoms with E-state index in [4.69, 9.17) is 30.3 Å². The molecular formula is C28H36N3O9PS. The molecule has 1 aromatic heterocycles. The number of H-pyrrole nitrogens is 1. The van der Waals surface area contributed by atoms with Crippen molar-refractivity contribution in [1.82, 2.24) is 14.6 Å². The number of para-hydroxylation sites is 1. The number of nitrogens with one attached hydrogen (secondary N) is 2. The molecule has 0 saturated carbocycles. The monoisotopic (exact) mass is 621 g/mol. The summed E-state index contributed by atoms with van der Waals surface area (Å²) in [5, 5.41) is 36.2. The number of aliphatic hydroxyl groups excluding tert-OH is 2. The number of nitrogens with zero attached hydrogens (tertiary/aromatic N) is 1. The minimum absolute atomic E-state index is 0.286. The summed E-state index contributed by atoms with van der Waals surface area (Å²) in [6, 6.07) is 18.5. The minimum atomic E-state index is -3.51. The predicted octanol–water partition coefficient (Wildman–Crippen LogP) is 1.81. The fourth-order valence-corrected chi connectivity index (χ4v) is 6.92. The van der Waals surface area contributed by atoms with Crippen molar-refractivity contribution in [2.24, 2.45) is 0 Å². The van der Waals surface area contributed by atoms with Gasteiger partial charge in [-0.15, -0.1) is 0 Å². The first-order chi connectivity index (χ1) is 19.9. The van der Waals surface area contributed by atoms with Gasteiger partial charge in [-0.25, -0.2) is 9.88 Å². The molecule has 42 heavy (non-hydrogen) atoms. The Hall–Kier alpha value is -2.71. The van der Waals surface area contributed by atoms with Gasteiger partial charge in [0.1, 0.15) is 23.6 Å². The molecule has 0 spiro atoms. The minimum Gasteiger partial charge on any atom is -0.433 e. The topological polar surface area (TPSA) is 164 Å². The van der Waals surface area contributed by atoms with Crippen molar-refractivity contribution in [1.29, 1.82) is 0 Å². The van der Waals surface area contributed by atoms with Gasteiger partial charge in [-0.05, 0) is 56.7 Å². The Bertz CT molecular complexity index is 1470. The quantitative estimate of drug-likeness (QED) is 0.140. The van der Waals surface area contributed by atoms with Crippen molar-refractivity contribution >= 4 is 18.4 Å². The van der Waals surface area contributed by atoms with Crippen molar-refractivity contribution in [3.8, 4) is 5.75 Å². The standard InChI is InChI=1S/C28H36N3O9PS/c1-18(2)38-25(34)21(16-19-10-6-4-7-11-19)30-41(42,40-20-12-8-5-9-13-20)37-17-22-24(33)28(3,36)26(39-22)31-15-14-23(32)29-27(31)35/h4-15,18,21-22,24-26,33-34,36H,16-17H2,1-3H3,(H,30,42)(H,29,32,35)/t21?,22-,24-,25?,26-,28-,41?/m1/s1. The van der Waals surface area contributed by atoms with E-state index in [1.165, 1.54) is 13.1 Å². The number of aromatic nitrogens is 2. The second kappa shape index (κ2) is 13.7. The lowest BCUT2D eigenvalue weighted by atomic mass is 9.96. The lowest BCUT2D eigenvalue weighted by molar-refractivity contribution is -0.140. The number of hydrogen-bond acceptors (Lipinski definition) is 10. The number of aliphatic hydroxyl groups is 3. The van der Waals surface area contributed by atoms with Crippen molar-refractivity contribution < 1.29 is 33.8 Å². The maximum Gasteiger partial charge on any atom is 0.330 e.